The molecule has 0 aliphatic heterocycles. The zero-order valence-corrected chi connectivity index (χ0v) is 14.4. The molecule has 0 atom stereocenters. The molecule has 1 heterocycles. The van der Waals surface area contributed by atoms with E-state index in [9.17, 15) is 14.0 Å². The summed E-state index contributed by atoms with van der Waals surface area (Å²) >= 11 is 0. The molecule has 6 heteroatoms. The smallest absolute Gasteiger partial charge is 0.359 e. The van der Waals surface area contributed by atoms with E-state index in [0.717, 1.165) is 12.8 Å². The second-order valence-corrected chi connectivity index (χ2v) is 5.94. The fourth-order valence-corrected chi connectivity index (χ4v) is 2.67. The van der Waals surface area contributed by atoms with Crippen LogP contribution >= 0.6 is 0 Å². The van der Waals surface area contributed by atoms with Gasteiger partial charge in [0.2, 0.25) is 0 Å². The highest BCUT2D eigenvalue weighted by Gasteiger charge is 2.18. The lowest BCUT2D eigenvalue weighted by molar-refractivity contribution is 0.0461. The zero-order valence-electron chi connectivity index (χ0n) is 14.4. The van der Waals surface area contributed by atoms with Crippen LogP contribution in [0.2, 0.25) is 0 Å². The molecule has 0 saturated heterocycles. The summed E-state index contributed by atoms with van der Waals surface area (Å²) in [5, 5.41) is 5.06. The summed E-state index contributed by atoms with van der Waals surface area (Å²) in [6.45, 7) is 2.24. The Hall–Kier alpha value is -3.02. The van der Waals surface area contributed by atoms with Crippen molar-refractivity contribution in [3.63, 3.8) is 0 Å². The number of benzene rings is 2. The van der Waals surface area contributed by atoms with E-state index in [2.05, 4.69) is 5.10 Å². The van der Waals surface area contributed by atoms with Crippen LogP contribution in [0.4, 0.5) is 4.39 Å². The van der Waals surface area contributed by atoms with Crippen molar-refractivity contribution in [2.75, 3.05) is 0 Å². The Morgan fingerprint density at radius 1 is 1.12 bits per heavy atom. The van der Waals surface area contributed by atoms with Crippen molar-refractivity contribution in [1.29, 1.82) is 0 Å². The Kier molecular flexibility index (Phi) is 5.41. The van der Waals surface area contributed by atoms with Crippen molar-refractivity contribution in [3.8, 4) is 0 Å². The second kappa shape index (κ2) is 7.91. The van der Waals surface area contributed by atoms with Crippen LogP contribution < -0.4 is 5.56 Å². The molecule has 3 aromatic rings. The molecular formula is C20H19FN2O3. The first-order chi connectivity index (χ1) is 12.6. The second-order valence-electron chi connectivity index (χ2n) is 5.94. The number of aromatic nitrogens is 2. The standard InChI is InChI=1S/C20H19FN2O3/c1-2-3-12-23-19(24)16-10-6-5-9-15(16)18(22-23)20(25)26-13-14-8-4-7-11-17(14)21/h4-11H,2-3,12-13H2,1H3. The minimum Gasteiger partial charge on any atom is -0.456 e. The third kappa shape index (κ3) is 3.64. The SMILES string of the molecule is CCCCn1nc(C(=O)OCc2ccccc2F)c2ccccc2c1=O. The number of halogens is 1. The maximum absolute atomic E-state index is 13.7. The van der Waals surface area contributed by atoms with Gasteiger partial charge in [-0.15, -0.1) is 0 Å². The van der Waals surface area contributed by atoms with Gasteiger partial charge in [0.05, 0.1) is 5.39 Å². The molecular weight excluding hydrogens is 335 g/mol. The monoisotopic (exact) mass is 354 g/mol. The van der Waals surface area contributed by atoms with Crippen molar-refractivity contribution in [3.05, 3.63) is 76.0 Å². The Morgan fingerprint density at radius 3 is 2.54 bits per heavy atom. The number of esters is 1. The van der Waals surface area contributed by atoms with E-state index in [0.29, 0.717) is 17.3 Å². The van der Waals surface area contributed by atoms with Crippen LogP contribution in [0.3, 0.4) is 0 Å². The van der Waals surface area contributed by atoms with Crippen LogP contribution in [0.5, 0.6) is 0 Å². The maximum atomic E-state index is 13.7. The third-order valence-electron chi connectivity index (χ3n) is 4.10. The predicted molar refractivity (Wildman–Crippen MR) is 96.4 cm³/mol. The summed E-state index contributed by atoms with van der Waals surface area (Å²) < 4.78 is 20.2. The number of hydrogen-bond acceptors (Lipinski definition) is 4. The lowest BCUT2D eigenvalue weighted by Crippen LogP contribution is -2.26. The quantitative estimate of drug-likeness (QED) is 0.634. The lowest BCUT2D eigenvalue weighted by Gasteiger charge is -2.11. The summed E-state index contributed by atoms with van der Waals surface area (Å²) in [7, 11) is 0. The fourth-order valence-electron chi connectivity index (χ4n) is 2.67. The molecule has 5 nitrogen and oxygen atoms in total. The van der Waals surface area contributed by atoms with Crippen LogP contribution in [-0.4, -0.2) is 15.7 Å². The number of nitrogens with zero attached hydrogens (tertiary/aromatic N) is 2. The predicted octanol–water partition coefficient (Wildman–Crippen LogP) is 3.69. The number of carbonyl (C=O) groups excluding carboxylic acids is 1. The Bertz CT molecular complexity index is 998. The van der Waals surface area contributed by atoms with Gasteiger partial charge >= 0.3 is 5.97 Å². The van der Waals surface area contributed by atoms with Gasteiger partial charge in [0.25, 0.3) is 5.56 Å². The highest BCUT2D eigenvalue weighted by Crippen LogP contribution is 2.16. The molecule has 0 amide bonds. The summed E-state index contributed by atoms with van der Waals surface area (Å²) in [5.41, 5.74) is 0.108. The van der Waals surface area contributed by atoms with Gasteiger partial charge in [0, 0.05) is 17.5 Å². The number of carbonyl (C=O) groups is 1. The molecule has 2 aromatic carbocycles. The van der Waals surface area contributed by atoms with E-state index < -0.39 is 11.8 Å². The first-order valence-corrected chi connectivity index (χ1v) is 8.52. The summed E-state index contributed by atoms with van der Waals surface area (Å²) in [4.78, 5) is 25.1. The average Bonchev–Trinajstić information content (AvgIpc) is 2.67. The first-order valence-electron chi connectivity index (χ1n) is 8.52. The van der Waals surface area contributed by atoms with Gasteiger partial charge in [-0.1, -0.05) is 49.7 Å². The van der Waals surface area contributed by atoms with Gasteiger partial charge in [-0.3, -0.25) is 4.79 Å². The molecule has 0 aliphatic rings. The summed E-state index contributed by atoms with van der Waals surface area (Å²) in [6, 6.07) is 12.9. The highest BCUT2D eigenvalue weighted by atomic mass is 19.1. The van der Waals surface area contributed by atoms with Crippen molar-refractivity contribution >= 4 is 16.7 Å². The van der Waals surface area contributed by atoms with E-state index in [4.69, 9.17) is 4.74 Å². The lowest BCUT2D eigenvalue weighted by atomic mass is 10.1. The van der Waals surface area contributed by atoms with Crippen molar-refractivity contribution in [1.82, 2.24) is 9.78 Å². The van der Waals surface area contributed by atoms with E-state index in [-0.39, 0.29) is 23.4 Å². The summed E-state index contributed by atoms with van der Waals surface area (Å²) in [6.07, 6.45) is 1.67. The van der Waals surface area contributed by atoms with Crippen LogP contribution in [0.25, 0.3) is 10.8 Å². The minimum absolute atomic E-state index is 0.0626. The first kappa shape index (κ1) is 17.8. The van der Waals surface area contributed by atoms with Crippen molar-refractivity contribution in [2.24, 2.45) is 0 Å². The zero-order chi connectivity index (χ0) is 18.5. The largest absolute Gasteiger partial charge is 0.456 e. The minimum atomic E-state index is -0.685. The molecule has 0 radical (unpaired) electrons. The third-order valence-corrected chi connectivity index (χ3v) is 4.10. The molecule has 0 bridgehead atoms. The fraction of sp³-hybridized carbons (Fsp3) is 0.250. The van der Waals surface area contributed by atoms with Gasteiger partial charge in [0.1, 0.15) is 12.4 Å². The molecule has 3 rings (SSSR count). The highest BCUT2D eigenvalue weighted by molar-refractivity contribution is 6.02. The van der Waals surface area contributed by atoms with Gasteiger partial charge < -0.3 is 4.74 Å². The van der Waals surface area contributed by atoms with E-state index >= 15 is 0 Å². The maximum Gasteiger partial charge on any atom is 0.359 e. The van der Waals surface area contributed by atoms with Crippen LogP contribution in [0.15, 0.2) is 53.3 Å². The topological polar surface area (TPSA) is 61.2 Å². The molecule has 0 N–H and O–H groups in total. The molecule has 1 aromatic heterocycles. The van der Waals surface area contributed by atoms with Gasteiger partial charge in [-0.2, -0.15) is 5.10 Å². The van der Waals surface area contributed by atoms with Crippen molar-refractivity contribution < 1.29 is 13.9 Å². The Morgan fingerprint density at radius 2 is 1.81 bits per heavy atom. The Labute approximate surface area is 150 Å². The van der Waals surface area contributed by atoms with Crippen molar-refractivity contribution in [2.45, 2.75) is 32.9 Å². The molecule has 0 aliphatic carbocycles. The van der Waals surface area contributed by atoms with Crippen LogP contribution in [0.1, 0.15) is 35.8 Å². The van der Waals surface area contributed by atoms with Gasteiger partial charge in [0.15, 0.2) is 5.69 Å². The number of fused-ring (bicyclic) bond motifs is 1. The number of ether oxygens (including phenoxy) is 1. The van der Waals surface area contributed by atoms with Gasteiger partial charge in [-0.05, 0) is 18.6 Å². The van der Waals surface area contributed by atoms with E-state index in [1.54, 1.807) is 42.5 Å². The number of hydrogen-bond donors (Lipinski definition) is 0. The number of aryl methyl sites for hydroxylation is 1. The van der Waals surface area contributed by atoms with Crippen LogP contribution in [-0.2, 0) is 17.9 Å². The van der Waals surface area contributed by atoms with Gasteiger partial charge in [-0.25, -0.2) is 13.9 Å². The van der Waals surface area contributed by atoms with E-state index in [1.165, 1.54) is 10.7 Å². The molecule has 134 valence electrons. The van der Waals surface area contributed by atoms with Crippen LogP contribution in [0, 0.1) is 5.82 Å². The normalized spacial score (nSPS) is 10.8. The van der Waals surface area contributed by atoms with E-state index in [1.807, 2.05) is 6.92 Å². The molecule has 26 heavy (non-hydrogen) atoms. The summed E-state index contributed by atoms with van der Waals surface area (Å²) in [5.74, 6) is -1.12. The molecule has 0 unspecified atom stereocenters. The number of unbranched alkanes of at least 4 members (excludes halogenated alkanes) is 1. The molecule has 0 saturated carbocycles. The molecule has 0 fully saturated rings. The average molecular weight is 354 g/mol. The Balaban J connectivity index is 1.95. The molecule has 0 spiro atoms. The number of rotatable bonds is 6.